The Morgan fingerprint density at radius 2 is 1.79 bits per heavy atom. The van der Waals surface area contributed by atoms with Gasteiger partial charge in [-0.05, 0) is 38.0 Å². The molecule has 3 rings (SSSR count). The topological polar surface area (TPSA) is 126 Å². The molecule has 204 valence electrons. The van der Waals surface area contributed by atoms with E-state index in [1.165, 1.54) is 0 Å². The second kappa shape index (κ2) is 14.1. The Morgan fingerprint density at radius 1 is 1.08 bits per heavy atom. The van der Waals surface area contributed by atoms with E-state index in [0.717, 1.165) is 5.56 Å². The van der Waals surface area contributed by atoms with Crippen LogP contribution in [0.25, 0.3) is 0 Å². The third-order valence-electron chi connectivity index (χ3n) is 6.28. The van der Waals surface area contributed by atoms with Crippen LogP contribution in [0.15, 0.2) is 54.6 Å². The van der Waals surface area contributed by atoms with Crippen LogP contribution in [0, 0.1) is 0 Å². The molecule has 2 aromatic rings. The number of nitrogens with one attached hydrogen (secondary N) is 3. The van der Waals surface area contributed by atoms with E-state index in [-0.39, 0.29) is 37.1 Å². The number of para-hydroxylation sites is 1. The average Bonchev–Trinajstić information content (AvgIpc) is 2.92. The van der Waals surface area contributed by atoms with Crippen molar-refractivity contribution in [3.05, 3.63) is 65.7 Å². The zero-order chi connectivity index (χ0) is 27.5. The lowest BCUT2D eigenvalue weighted by molar-refractivity contribution is -0.137. The first kappa shape index (κ1) is 28.6. The van der Waals surface area contributed by atoms with Crippen LogP contribution < -0.4 is 20.7 Å². The van der Waals surface area contributed by atoms with Gasteiger partial charge in [0.05, 0.1) is 24.6 Å². The van der Waals surface area contributed by atoms with Gasteiger partial charge in [0.25, 0.3) is 5.91 Å². The molecule has 10 heteroatoms. The predicted molar refractivity (Wildman–Crippen MR) is 142 cm³/mol. The fourth-order valence-electron chi connectivity index (χ4n) is 4.15. The van der Waals surface area contributed by atoms with Crippen LogP contribution in [-0.2, 0) is 25.5 Å². The molecule has 0 saturated heterocycles. The second-order valence-corrected chi connectivity index (χ2v) is 9.11. The van der Waals surface area contributed by atoms with Crippen LogP contribution in [-0.4, -0.2) is 80.1 Å². The molecule has 1 aliphatic heterocycles. The first-order valence-corrected chi connectivity index (χ1v) is 12.8. The van der Waals surface area contributed by atoms with Gasteiger partial charge in [-0.2, -0.15) is 0 Å². The summed E-state index contributed by atoms with van der Waals surface area (Å²) in [4.78, 5) is 53.8. The highest BCUT2D eigenvalue weighted by Gasteiger charge is 2.30. The number of ether oxygens (including phenoxy) is 2. The number of carbonyl (C=O) groups excluding carboxylic acids is 4. The second-order valence-electron chi connectivity index (χ2n) is 9.11. The maximum atomic E-state index is 13.3. The molecule has 1 aliphatic rings. The Hall–Kier alpha value is -3.92. The van der Waals surface area contributed by atoms with Crippen LogP contribution in [0.3, 0.4) is 0 Å². The minimum absolute atomic E-state index is 0.115. The molecule has 0 aromatic heterocycles. The van der Waals surface area contributed by atoms with Crippen LogP contribution >= 0.6 is 0 Å². The van der Waals surface area contributed by atoms with Gasteiger partial charge in [-0.1, -0.05) is 42.5 Å². The number of benzene rings is 2. The Morgan fingerprint density at radius 3 is 2.53 bits per heavy atom. The summed E-state index contributed by atoms with van der Waals surface area (Å²) in [6, 6.07) is 14.0. The van der Waals surface area contributed by atoms with E-state index in [4.69, 9.17) is 9.47 Å². The maximum Gasteiger partial charge on any atom is 0.255 e. The third-order valence-corrected chi connectivity index (χ3v) is 6.28. The summed E-state index contributed by atoms with van der Waals surface area (Å²) < 4.78 is 11.3. The summed E-state index contributed by atoms with van der Waals surface area (Å²) in [5, 5.41) is 8.00. The first-order valence-electron chi connectivity index (χ1n) is 12.8. The number of hydrogen-bond donors (Lipinski definition) is 3. The molecule has 0 unspecified atom stereocenters. The first-order chi connectivity index (χ1) is 18.3. The Labute approximate surface area is 223 Å². The smallest absolute Gasteiger partial charge is 0.255 e. The molecule has 10 nitrogen and oxygen atoms in total. The van der Waals surface area contributed by atoms with Gasteiger partial charge >= 0.3 is 0 Å². The molecule has 0 bridgehead atoms. The molecule has 3 atom stereocenters. The van der Waals surface area contributed by atoms with Crippen molar-refractivity contribution in [3.8, 4) is 5.75 Å². The van der Waals surface area contributed by atoms with Crippen molar-refractivity contribution in [1.29, 1.82) is 0 Å². The van der Waals surface area contributed by atoms with E-state index in [1.54, 1.807) is 43.1 Å². The lowest BCUT2D eigenvalue weighted by atomic mass is 10.0. The fraction of sp³-hybridized carbons (Fsp3) is 0.429. The molecule has 0 spiro atoms. The number of amides is 4. The van der Waals surface area contributed by atoms with E-state index >= 15 is 0 Å². The highest BCUT2D eigenvalue weighted by atomic mass is 16.5. The predicted octanol–water partition coefficient (Wildman–Crippen LogP) is 1.29. The third kappa shape index (κ3) is 8.04. The summed E-state index contributed by atoms with van der Waals surface area (Å²) in [6.07, 6.45) is 0.173. The molecular weight excluding hydrogens is 488 g/mol. The summed E-state index contributed by atoms with van der Waals surface area (Å²) in [5.74, 6) is -1.60. The van der Waals surface area contributed by atoms with Crippen LogP contribution in [0.4, 0.5) is 0 Å². The zero-order valence-corrected chi connectivity index (χ0v) is 22.1. The van der Waals surface area contributed by atoms with Gasteiger partial charge in [-0.25, -0.2) is 0 Å². The molecular formula is C28H36N4O6. The lowest BCUT2D eigenvalue weighted by Crippen LogP contribution is -2.54. The van der Waals surface area contributed by atoms with E-state index in [1.807, 2.05) is 37.3 Å². The summed E-state index contributed by atoms with van der Waals surface area (Å²) in [6.45, 7) is 4.57. The van der Waals surface area contributed by atoms with E-state index in [9.17, 15) is 19.2 Å². The summed E-state index contributed by atoms with van der Waals surface area (Å²) in [7, 11) is 1.67. The molecule has 4 amide bonds. The monoisotopic (exact) mass is 524 g/mol. The lowest BCUT2D eigenvalue weighted by Gasteiger charge is -2.31. The van der Waals surface area contributed by atoms with Crippen LogP contribution in [0.2, 0.25) is 0 Å². The van der Waals surface area contributed by atoms with Crippen molar-refractivity contribution in [2.45, 2.75) is 44.8 Å². The number of rotatable bonds is 7. The highest BCUT2D eigenvalue weighted by Crippen LogP contribution is 2.20. The van der Waals surface area contributed by atoms with Crippen molar-refractivity contribution in [3.63, 3.8) is 0 Å². The number of likely N-dealkylation sites (N-methyl/N-ethyl adjacent to an activating group) is 1. The SMILES string of the molecule is CCOCCNC(=O)[C@@H]1CC(=O)N[C@@H](C)C(=O)N(C)[C@@H](Cc2ccccc2)COc2ccccc2C(=O)N1. The van der Waals surface area contributed by atoms with Crippen molar-refractivity contribution < 1.29 is 28.7 Å². The number of carbonyl (C=O) groups is 4. The van der Waals surface area contributed by atoms with Gasteiger partial charge in [0, 0.05) is 20.2 Å². The van der Waals surface area contributed by atoms with Crippen molar-refractivity contribution >= 4 is 23.6 Å². The highest BCUT2D eigenvalue weighted by molar-refractivity contribution is 6.01. The molecule has 0 radical (unpaired) electrons. The van der Waals surface area contributed by atoms with Gasteiger partial charge in [0.2, 0.25) is 17.7 Å². The average molecular weight is 525 g/mol. The number of nitrogens with zero attached hydrogens (tertiary/aromatic N) is 1. The standard InChI is InChI=1S/C28H36N4O6/c1-4-37-15-14-29-27(35)23-17-25(33)30-19(2)28(36)32(3)21(16-20-10-6-5-7-11-20)18-38-24-13-9-8-12-22(24)26(34)31-23/h5-13,19,21,23H,4,14-18H2,1-3H3,(H,29,35)(H,30,33)(H,31,34)/t19-,21-,23-/m0/s1. The van der Waals surface area contributed by atoms with E-state index in [0.29, 0.717) is 25.4 Å². The molecule has 0 saturated carbocycles. The van der Waals surface area contributed by atoms with E-state index < -0.39 is 29.8 Å². The van der Waals surface area contributed by atoms with Crippen molar-refractivity contribution in [2.75, 3.05) is 33.4 Å². The maximum absolute atomic E-state index is 13.3. The van der Waals surface area contributed by atoms with Gasteiger partial charge < -0.3 is 30.3 Å². The van der Waals surface area contributed by atoms with Gasteiger partial charge in [-0.15, -0.1) is 0 Å². The molecule has 3 N–H and O–H groups in total. The minimum Gasteiger partial charge on any atom is -0.491 e. The van der Waals surface area contributed by atoms with Gasteiger partial charge in [-0.3, -0.25) is 19.2 Å². The largest absolute Gasteiger partial charge is 0.491 e. The molecule has 1 heterocycles. The van der Waals surface area contributed by atoms with Crippen LogP contribution in [0.1, 0.15) is 36.2 Å². The Balaban J connectivity index is 1.89. The molecule has 0 aliphatic carbocycles. The Bertz CT molecular complexity index is 1110. The summed E-state index contributed by atoms with van der Waals surface area (Å²) in [5.41, 5.74) is 1.24. The van der Waals surface area contributed by atoms with Gasteiger partial charge in [0.1, 0.15) is 24.4 Å². The number of fused-ring (bicyclic) bond motifs is 1. The van der Waals surface area contributed by atoms with Crippen molar-refractivity contribution in [1.82, 2.24) is 20.9 Å². The molecule has 2 aromatic carbocycles. The number of hydrogen-bond acceptors (Lipinski definition) is 6. The van der Waals surface area contributed by atoms with Gasteiger partial charge in [0.15, 0.2) is 0 Å². The minimum atomic E-state index is -1.16. The van der Waals surface area contributed by atoms with Crippen molar-refractivity contribution in [2.24, 2.45) is 0 Å². The van der Waals surface area contributed by atoms with Crippen LogP contribution in [0.5, 0.6) is 5.75 Å². The normalized spacial score (nSPS) is 20.9. The van der Waals surface area contributed by atoms with E-state index in [2.05, 4.69) is 16.0 Å². The summed E-state index contributed by atoms with van der Waals surface area (Å²) >= 11 is 0. The quantitative estimate of drug-likeness (QED) is 0.469. The zero-order valence-electron chi connectivity index (χ0n) is 22.1. The molecule has 0 fully saturated rings. The Kier molecular flexibility index (Phi) is 10.7. The molecule has 38 heavy (non-hydrogen) atoms. The fourth-order valence-corrected chi connectivity index (χ4v) is 4.15.